The first-order valence-electron chi connectivity index (χ1n) is 5.20. The van der Waals surface area contributed by atoms with Crippen LogP contribution in [0.2, 0.25) is 0 Å². The Labute approximate surface area is 98.6 Å². The Hall–Kier alpha value is -2.17. The first-order chi connectivity index (χ1) is 8.02. The average molecular weight is 232 g/mol. The molecule has 0 aromatic heterocycles. The number of carbonyl (C=O) groups is 3. The summed E-state index contributed by atoms with van der Waals surface area (Å²) < 4.78 is 0. The molecule has 0 radical (unpaired) electrons. The summed E-state index contributed by atoms with van der Waals surface area (Å²) in [6.45, 7) is 1.07. The highest BCUT2D eigenvalue weighted by Gasteiger charge is 2.31. The van der Waals surface area contributed by atoms with E-state index in [1.54, 1.807) is 31.3 Å². The van der Waals surface area contributed by atoms with E-state index < -0.39 is 11.8 Å². The number of nitrogens with zero attached hydrogens (tertiary/aromatic N) is 2. The van der Waals surface area contributed by atoms with Crippen LogP contribution in [0.5, 0.6) is 0 Å². The third kappa shape index (κ3) is 1.80. The lowest BCUT2D eigenvalue weighted by atomic mass is 10.1. The molecule has 0 saturated carbocycles. The molecule has 0 aliphatic carbocycles. The van der Waals surface area contributed by atoms with E-state index in [1.165, 1.54) is 11.8 Å². The van der Waals surface area contributed by atoms with Gasteiger partial charge in [-0.1, -0.05) is 12.1 Å². The summed E-state index contributed by atoms with van der Waals surface area (Å²) in [5, 5.41) is 0. The van der Waals surface area contributed by atoms with Gasteiger partial charge in [0, 0.05) is 14.0 Å². The molecule has 5 heteroatoms. The number of imide groups is 1. The maximum absolute atomic E-state index is 12.1. The van der Waals surface area contributed by atoms with E-state index in [2.05, 4.69) is 0 Å². The van der Waals surface area contributed by atoms with Gasteiger partial charge in [-0.25, -0.2) is 0 Å². The predicted octanol–water partition coefficient (Wildman–Crippen LogP) is 0.652. The summed E-state index contributed by atoms with van der Waals surface area (Å²) in [7, 11) is 1.60. The molecule has 0 bridgehead atoms. The number of hydrogen-bond acceptors (Lipinski definition) is 3. The smallest absolute Gasteiger partial charge is 0.263 e. The third-order valence-electron chi connectivity index (χ3n) is 2.79. The van der Waals surface area contributed by atoms with Crippen molar-refractivity contribution in [2.75, 3.05) is 18.5 Å². The fraction of sp³-hybridized carbons (Fsp3) is 0.250. The number of amides is 3. The fourth-order valence-corrected chi connectivity index (χ4v) is 1.79. The number of likely N-dealkylation sites (N-methyl/N-ethyl adjacent to an activating group) is 1. The monoisotopic (exact) mass is 232 g/mol. The molecule has 1 heterocycles. The van der Waals surface area contributed by atoms with E-state index in [0.29, 0.717) is 11.3 Å². The molecule has 2 rings (SSSR count). The molecule has 1 aliphatic heterocycles. The topological polar surface area (TPSA) is 57.7 Å². The van der Waals surface area contributed by atoms with Crippen LogP contribution in [0.1, 0.15) is 17.3 Å². The van der Waals surface area contributed by atoms with Crippen molar-refractivity contribution < 1.29 is 14.4 Å². The lowest BCUT2D eigenvalue weighted by molar-refractivity contribution is -0.130. The third-order valence-corrected chi connectivity index (χ3v) is 2.79. The average Bonchev–Trinajstić information content (AvgIpc) is 2.41. The van der Waals surface area contributed by atoms with Crippen molar-refractivity contribution in [3.63, 3.8) is 0 Å². The molecule has 0 saturated heterocycles. The molecule has 0 N–H and O–H groups in total. The minimum absolute atomic E-state index is 0.209. The SMILES string of the molecule is CC(=O)N1CC(=O)N(C)c2ccccc2C1=O. The first-order valence-corrected chi connectivity index (χ1v) is 5.20. The summed E-state index contributed by atoms with van der Waals surface area (Å²) in [4.78, 5) is 37.6. The molecule has 1 aromatic rings. The summed E-state index contributed by atoms with van der Waals surface area (Å²) in [5.74, 6) is -1.13. The van der Waals surface area contributed by atoms with Crippen LogP contribution < -0.4 is 4.90 Å². The van der Waals surface area contributed by atoms with Crippen molar-refractivity contribution in [2.45, 2.75) is 6.92 Å². The molecule has 0 fully saturated rings. The molecule has 88 valence electrons. The molecular weight excluding hydrogens is 220 g/mol. The number of fused-ring (bicyclic) bond motifs is 1. The van der Waals surface area contributed by atoms with Gasteiger partial charge in [0.2, 0.25) is 11.8 Å². The largest absolute Gasteiger partial charge is 0.313 e. The van der Waals surface area contributed by atoms with Gasteiger partial charge in [0.05, 0.1) is 11.3 Å². The van der Waals surface area contributed by atoms with Crippen LogP contribution in [0.3, 0.4) is 0 Å². The van der Waals surface area contributed by atoms with Crippen LogP contribution in [-0.4, -0.2) is 36.2 Å². The van der Waals surface area contributed by atoms with Crippen LogP contribution in [0, 0.1) is 0 Å². The van der Waals surface area contributed by atoms with Crippen LogP contribution >= 0.6 is 0 Å². The van der Waals surface area contributed by atoms with Crippen LogP contribution in [0.4, 0.5) is 5.69 Å². The Balaban J connectivity index is 2.58. The van der Waals surface area contributed by atoms with E-state index in [4.69, 9.17) is 0 Å². The molecule has 0 unspecified atom stereocenters. The number of rotatable bonds is 0. The van der Waals surface area contributed by atoms with Gasteiger partial charge >= 0.3 is 0 Å². The fourth-order valence-electron chi connectivity index (χ4n) is 1.79. The zero-order valence-electron chi connectivity index (χ0n) is 9.64. The number of hydrogen-bond donors (Lipinski definition) is 0. The van der Waals surface area contributed by atoms with Crippen molar-refractivity contribution in [1.29, 1.82) is 0 Å². The van der Waals surface area contributed by atoms with E-state index in [1.807, 2.05) is 0 Å². The van der Waals surface area contributed by atoms with E-state index in [-0.39, 0.29) is 12.5 Å². The van der Waals surface area contributed by atoms with Crippen LogP contribution in [-0.2, 0) is 9.59 Å². The van der Waals surface area contributed by atoms with Gasteiger partial charge in [-0.3, -0.25) is 19.3 Å². The van der Waals surface area contributed by atoms with Crippen molar-refractivity contribution in [1.82, 2.24) is 4.90 Å². The Morgan fingerprint density at radius 1 is 1.24 bits per heavy atom. The maximum atomic E-state index is 12.1. The highest BCUT2D eigenvalue weighted by molar-refractivity contribution is 6.14. The van der Waals surface area contributed by atoms with Gasteiger partial charge in [0.1, 0.15) is 6.54 Å². The van der Waals surface area contributed by atoms with Crippen molar-refractivity contribution in [2.24, 2.45) is 0 Å². The minimum Gasteiger partial charge on any atom is -0.313 e. The standard InChI is InChI=1S/C12H12N2O3/c1-8(15)14-7-11(16)13(2)10-6-4-3-5-9(10)12(14)17/h3-6H,7H2,1-2H3. The molecule has 5 nitrogen and oxygen atoms in total. The summed E-state index contributed by atoms with van der Waals surface area (Å²) in [6, 6.07) is 6.76. The minimum atomic E-state index is -0.425. The second-order valence-corrected chi connectivity index (χ2v) is 3.88. The van der Waals surface area contributed by atoms with Gasteiger partial charge in [-0.05, 0) is 12.1 Å². The zero-order chi connectivity index (χ0) is 12.6. The molecule has 1 aromatic carbocycles. The second-order valence-electron chi connectivity index (χ2n) is 3.88. The quantitative estimate of drug-likeness (QED) is 0.660. The molecule has 1 aliphatic rings. The predicted molar refractivity (Wildman–Crippen MR) is 61.6 cm³/mol. The molecule has 0 spiro atoms. The van der Waals surface area contributed by atoms with E-state index >= 15 is 0 Å². The van der Waals surface area contributed by atoms with Crippen molar-refractivity contribution in [3.05, 3.63) is 29.8 Å². The molecular formula is C12H12N2O3. The summed E-state index contributed by atoms with van der Waals surface area (Å²) in [6.07, 6.45) is 0. The summed E-state index contributed by atoms with van der Waals surface area (Å²) >= 11 is 0. The number of benzene rings is 1. The van der Waals surface area contributed by atoms with E-state index in [9.17, 15) is 14.4 Å². The molecule has 17 heavy (non-hydrogen) atoms. The van der Waals surface area contributed by atoms with Gasteiger partial charge in [0.25, 0.3) is 5.91 Å². The maximum Gasteiger partial charge on any atom is 0.263 e. The Morgan fingerprint density at radius 3 is 2.53 bits per heavy atom. The van der Waals surface area contributed by atoms with E-state index in [0.717, 1.165) is 4.90 Å². The molecule has 3 amide bonds. The van der Waals surface area contributed by atoms with Gasteiger partial charge in [-0.15, -0.1) is 0 Å². The van der Waals surface area contributed by atoms with Gasteiger partial charge < -0.3 is 4.90 Å². The van der Waals surface area contributed by atoms with Crippen molar-refractivity contribution in [3.8, 4) is 0 Å². The normalized spacial score (nSPS) is 15.6. The van der Waals surface area contributed by atoms with Crippen LogP contribution in [0.25, 0.3) is 0 Å². The zero-order valence-corrected chi connectivity index (χ0v) is 9.64. The second kappa shape index (κ2) is 4.01. The number of para-hydroxylation sites is 1. The lowest BCUT2D eigenvalue weighted by Crippen LogP contribution is -2.40. The Bertz CT molecular complexity index is 510. The summed E-state index contributed by atoms with van der Waals surface area (Å²) in [5.41, 5.74) is 0.905. The highest BCUT2D eigenvalue weighted by Crippen LogP contribution is 2.24. The van der Waals surface area contributed by atoms with Gasteiger partial charge in [-0.2, -0.15) is 0 Å². The van der Waals surface area contributed by atoms with Crippen LogP contribution in [0.15, 0.2) is 24.3 Å². The van der Waals surface area contributed by atoms with Crippen molar-refractivity contribution >= 4 is 23.4 Å². The first kappa shape index (κ1) is 11.3. The molecule has 0 atom stereocenters. The van der Waals surface area contributed by atoms with Gasteiger partial charge in [0.15, 0.2) is 0 Å². The lowest BCUT2D eigenvalue weighted by Gasteiger charge is -2.16. The number of carbonyl (C=O) groups excluding carboxylic acids is 3. The Kier molecular flexibility index (Phi) is 2.67. The number of anilines is 1. The highest BCUT2D eigenvalue weighted by atomic mass is 16.2. The Morgan fingerprint density at radius 2 is 1.88 bits per heavy atom.